The molecule has 0 unspecified atom stereocenters. The van der Waals surface area contributed by atoms with Crippen LogP contribution in [0.25, 0.3) is 0 Å². The van der Waals surface area contributed by atoms with Gasteiger partial charge in [0.1, 0.15) is 6.33 Å². The Morgan fingerprint density at radius 1 is 1.48 bits per heavy atom. The molecule has 1 atom stereocenters. The highest BCUT2D eigenvalue weighted by Crippen LogP contribution is 2.43. The fourth-order valence-electron chi connectivity index (χ4n) is 3.25. The number of hydrogen-bond donors (Lipinski definition) is 2. The van der Waals surface area contributed by atoms with Crippen molar-refractivity contribution in [1.29, 1.82) is 0 Å². The molecule has 1 aromatic rings. The van der Waals surface area contributed by atoms with Gasteiger partial charge in [-0.15, -0.1) is 5.10 Å². The van der Waals surface area contributed by atoms with E-state index in [9.17, 15) is 4.79 Å². The molecule has 1 aliphatic carbocycles. The van der Waals surface area contributed by atoms with Crippen molar-refractivity contribution in [1.82, 2.24) is 20.1 Å². The molecule has 1 spiro atoms. The van der Waals surface area contributed by atoms with E-state index < -0.39 is 0 Å². The third kappa shape index (κ3) is 3.83. The zero-order valence-corrected chi connectivity index (χ0v) is 14.3. The molecule has 0 aromatic carbocycles. The average Bonchev–Trinajstić information content (AvgIpc) is 2.92. The molecule has 1 saturated heterocycles. The molecular formula is C16H27N5O2. The molecule has 2 N–H and O–H groups in total. The molecule has 1 aliphatic heterocycles. The lowest BCUT2D eigenvalue weighted by molar-refractivity contribution is -0.142. The van der Waals surface area contributed by atoms with Gasteiger partial charge in [-0.25, -0.2) is 14.5 Å². The van der Waals surface area contributed by atoms with E-state index in [0.29, 0.717) is 18.4 Å². The van der Waals surface area contributed by atoms with Crippen molar-refractivity contribution in [3.63, 3.8) is 0 Å². The van der Waals surface area contributed by atoms with Crippen molar-refractivity contribution >= 4 is 12.0 Å². The molecule has 1 aromatic heterocycles. The smallest absolute Gasteiger partial charge is 0.321 e. The van der Waals surface area contributed by atoms with Crippen LogP contribution in [0.15, 0.2) is 6.33 Å². The highest BCUT2D eigenvalue weighted by molar-refractivity contribution is 5.87. The standard InChI is InChI=1S/C16H27N5O2/c1-15(2,3)21-11-18-13(20-21)19-14(22)17-10-12-5-8-23-16(9-12)6-4-7-16/h11-12H,4-10H2,1-3H3,(H2,17,19,20,22)/t12-/m1/s1. The molecule has 2 fully saturated rings. The highest BCUT2D eigenvalue weighted by atomic mass is 16.5. The minimum atomic E-state index is -0.245. The number of carbonyl (C=O) groups is 1. The minimum absolute atomic E-state index is 0.119. The minimum Gasteiger partial charge on any atom is -0.375 e. The SMILES string of the molecule is CC(C)(C)n1cnc(NC(=O)NC[C@@H]2CCOC3(CCC3)C2)n1. The van der Waals surface area contributed by atoms with Crippen LogP contribution in [-0.4, -0.2) is 39.5 Å². The van der Waals surface area contributed by atoms with Crippen LogP contribution in [0.4, 0.5) is 10.7 Å². The van der Waals surface area contributed by atoms with E-state index in [0.717, 1.165) is 19.4 Å². The maximum atomic E-state index is 12.0. The number of hydrogen-bond acceptors (Lipinski definition) is 4. The fourth-order valence-corrected chi connectivity index (χ4v) is 3.25. The Bertz CT molecular complexity index is 559. The van der Waals surface area contributed by atoms with Gasteiger partial charge in [-0.05, 0) is 58.8 Å². The number of ether oxygens (including phenoxy) is 1. The van der Waals surface area contributed by atoms with Gasteiger partial charge in [-0.3, -0.25) is 5.32 Å². The molecular weight excluding hydrogens is 294 g/mol. The number of aromatic nitrogens is 3. The van der Waals surface area contributed by atoms with Crippen molar-refractivity contribution in [2.45, 2.75) is 64.0 Å². The van der Waals surface area contributed by atoms with Gasteiger partial charge < -0.3 is 10.1 Å². The first-order valence-electron chi connectivity index (χ1n) is 8.47. The van der Waals surface area contributed by atoms with Gasteiger partial charge in [0.25, 0.3) is 0 Å². The van der Waals surface area contributed by atoms with Crippen LogP contribution >= 0.6 is 0 Å². The molecule has 3 rings (SSSR count). The van der Waals surface area contributed by atoms with Crippen LogP contribution < -0.4 is 10.6 Å². The molecule has 0 bridgehead atoms. The van der Waals surface area contributed by atoms with Crippen molar-refractivity contribution in [2.75, 3.05) is 18.5 Å². The highest BCUT2D eigenvalue weighted by Gasteiger charge is 2.42. The summed E-state index contributed by atoms with van der Waals surface area (Å²) in [6.45, 7) is 7.59. The Labute approximate surface area is 137 Å². The Morgan fingerprint density at radius 2 is 2.26 bits per heavy atom. The first-order chi connectivity index (χ1) is 10.9. The van der Waals surface area contributed by atoms with Crippen molar-refractivity contribution in [2.24, 2.45) is 5.92 Å². The largest absolute Gasteiger partial charge is 0.375 e. The van der Waals surface area contributed by atoms with Gasteiger partial charge in [-0.1, -0.05) is 0 Å². The number of urea groups is 1. The van der Waals surface area contributed by atoms with E-state index in [1.807, 2.05) is 20.8 Å². The second kappa shape index (κ2) is 6.11. The fraction of sp³-hybridized carbons (Fsp3) is 0.812. The third-order valence-corrected chi connectivity index (χ3v) is 4.82. The zero-order chi connectivity index (χ0) is 16.5. The summed E-state index contributed by atoms with van der Waals surface area (Å²) in [6.07, 6.45) is 7.31. The zero-order valence-electron chi connectivity index (χ0n) is 14.3. The molecule has 2 amide bonds. The van der Waals surface area contributed by atoms with E-state index in [1.54, 1.807) is 11.0 Å². The number of amides is 2. The summed E-state index contributed by atoms with van der Waals surface area (Å²) in [6, 6.07) is -0.245. The van der Waals surface area contributed by atoms with E-state index >= 15 is 0 Å². The summed E-state index contributed by atoms with van der Waals surface area (Å²) >= 11 is 0. The molecule has 7 heteroatoms. The first kappa shape index (κ1) is 16.2. The Hall–Kier alpha value is -1.63. The summed E-state index contributed by atoms with van der Waals surface area (Å²) < 4.78 is 7.66. The van der Waals surface area contributed by atoms with Gasteiger partial charge in [0.15, 0.2) is 0 Å². The number of nitrogens with one attached hydrogen (secondary N) is 2. The lowest BCUT2D eigenvalue weighted by Crippen LogP contribution is -2.48. The lowest BCUT2D eigenvalue weighted by Gasteiger charge is -2.47. The number of rotatable bonds is 3. The predicted octanol–water partition coefficient (Wildman–Crippen LogP) is 2.50. The second-order valence-electron chi connectivity index (χ2n) is 7.76. The summed E-state index contributed by atoms with van der Waals surface area (Å²) in [4.78, 5) is 16.1. The van der Waals surface area contributed by atoms with Crippen LogP contribution in [0.1, 0.15) is 52.9 Å². The maximum Gasteiger partial charge on any atom is 0.321 e. The molecule has 23 heavy (non-hydrogen) atoms. The molecule has 128 valence electrons. The lowest BCUT2D eigenvalue weighted by atomic mass is 9.72. The molecule has 2 aliphatic rings. The van der Waals surface area contributed by atoms with Crippen LogP contribution in [0, 0.1) is 5.92 Å². The maximum absolute atomic E-state index is 12.0. The Balaban J connectivity index is 1.45. The van der Waals surface area contributed by atoms with Crippen molar-refractivity contribution in [3.8, 4) is 0 Å². The van der Waals surface area contributed by atoms with Gasteiger partial charge in [-0.2, -0.15) is 0 Å². The van der Waals surface area contributed by atoms with Crippen molar-refractivity contribution in [3.05, 3.63) is 6.33 Å². The summed E-state index contributed by atoms with van der Waals surface area (Å²) in [5.74, 6) is 0.828. The van der Waals surface area contributed by atoms with Gasteiger partial charge in [0.2, 0.25) is 5.95 Å². The predicted molar refractivity (Wildman–Crippen MR) is 87.3 cm³/mol. The molecule has 2 heterocycles. The van der Waals surface area contributed by atoms with Gasteiger partial charge in [0.05, 0.1) is 11.1 Å². The average molecular weight is 321 g/mol. The van der Waals surface area contributed by atoms with Crippen LogP contribution in [0.2, 0.25) is 0 Å². The van der Waals surface area contributed by atoms with Gasteiger partial charge >= 0.3 is 6.03 Å². The van der Waals surface area contributed by atoms with Crippen LogP contribution in [0.5, 0.6) is 0 Å². The van der Waals surface area contributed by atoms with E-state index in [1.165, 1.54) is 19.3 Å². The van der Waals surface area contributed by atoms with Crippen LogP contribution in [-0.2, 0) is 10.3 Å². The third-order valence-electron chi connectivity index (χ3n) is 4.82. The van der Waals surface area contributed by atoms with Gasteiger partial charge in [0, 0.05) is 13.2 Å². The Morgan fingerprint density at radius 3 is 2.87 bits per heavy atom. The van der Waals surface area contributed by atoms with Crippen LogP contribution in [0.3, 0.4) is 0 Å². The first-order valence-corrected chi connectivity index (χ1v) is 8.47. The molecule has 7 nitrogen and oxygen atoms in total. The van der Waals surface area contributed by atoms with E-state index in [2.05, 4.69) is 20.7 Å². The van der Waals surface area contributed by atoms with E-state index in [-0.39, 0.29) is 17.2 Å². The number of carbonyl (C=O) groups excluding carboxylic acids is 1. The van der Waals surface area contributed by atoms with Crippen molar-refractivity contribution < 1.29 is 9.53 Å². The quantitative estimate of drug-likeness (QED) is 0.896. The topological polar surface area (TPSA) is 81.1 Å². The molecule has 1 saturated carbocycles. The molecule has 0 radical (unpaired) electrons. The van der Waals surface area contributed by atoms with E-state index in [4.69, 9.17) is 4.74 Å². The monoisotopic (exact) mass is 321 g/mol. The summed E-state index contributed by atoms with van der Waals surface area (Å²) in [5.41, 5.74) is -0.0310. The summed E-state index contributed by atoms with van der Waals surface area (Å²) in [7, 11) is 0. The number of nitrogens with zero attached hydrogens (tertiary/aromatic N) is 3. The Kier molecular flexibility index (Phi) is 4.31. The summed E-state index contributed by atoms with van der Waals surface area (Å²) in [5, 5.41) is 9.91. The normalized spacial score (nSPS) is 23.3. The number of anilines is 1. The second-order valence-corrected chi connectivity index (χ2v) is 7.76.